The average molecular weight is 334 g/mol. The summed E-state index contributed by atoms with van der Waals surface area (Å²) in [5, 5.41) is 0. The van der Waals surface area contributed by atoms with Crippen molar-refractivity contribution in [2.75, 3.05) is 24.5 Å². The van der Waals surface area contributed by atoms with E-state index in [9.17, 15) is 4.79 Å². The van der Waals surface area contributed by atoms with Crippen molar-refractivity contribution in [1.82, 2.24) is 4.90 Å². The summed E-state index contributed by atoms with van der Waals surface area (Å²) >= 11 is 0. The summed E-state index contributed by atoms with van der Waals surface area (Å²) in [7, 11) is 0. The quantitative estimate of drug-likeness (QED) is 0.843. The van der Waals surface area contributed by atoms with E-state index in [2.05, 4.69) is 48.2 Å². The first kappa shape index (κ1) is 16.2. The molecule has 0 unspecified atom stereocenters. The lowest BCUT2D eigenvalue weighted by Crippen LogP contribution is -2.39. The van der Waals surface area contributed by atoms with Crippen molar-refractivity contribution in [2.24, 2.45) is 5.92 Å². The molecule has 4 rings (SSSR count). The number of hydrogen-bond acceptors (Lipinski definition) is 2. The van der Waals surface area contributed by atoms with Gasteiger partial charge in [0.1, 0.15) is 0 Å². The number of anilines is 1. The summed E-state index contributed by atoms with van der Waals surface area (Å²) in [4.78, 5) is 17.1. The summed E-state index contributed by atoms with van der Waals surface area (Å²) in [6, 6.07) is 16.9. The number of carbonyl (C=O) groups excluding carboxylic acids is 1. The van der Waals surface area contributed by atoms with Crippen LogP contribution in [0.5, 0.6) is 0 Å². The highest BCUT2D eigenvalue weighted by Crippen LogP contribution is 2.29. The molecule has 2 aromatic carbocycles. The van der Waals surface area contributed by atoms with Crippen molar-refractivity contribution in [1.29, 1.82) is 0 Å². The summed E-state index contributed by atoms with van der Waals surface area (Å²) in [6.45, 7) is 6.01. The van der Waals surface area contributed by atoms with E-state index < -0.39 is 0 Å². The number of likely N-dealkylation sites (tertiary alicyclic amines) is 1. The number of hydrogen-bond donors (Lipinski definition) is 0. The maximum atomic E-state index is 12.7. The second kappa shape index (κ2) is 6.91. The van der Waals surface area contributed by atoms with Crippen molar-refractivity contribution in [3.8, 4) is 0 Å². The Morgan fingerprint density at radius 1 is 1.08 bits per heavy atom. The topological polar surface area (TPSA) is 23.6 Å². The van der Waals surface area contributed by atoms with Crippen LogP contribution in [-0.4, -0.2) is 30.4 Å². The SMILES string of the molecule is C[C@H]1CCCN(C(=O)c2ccc(CN3CCc4ccccc43)cc2)C1. The third-order valence-electron chi connectivity index (χ3n) is 5.50. The number of piperidine rings is 1. The maximum absolute atomic E-state index is 12.7. The van der Waals surface area contributed by atoms with Gasteiger partial charge in [-0.3, -0.25) is 4.79 Å². The zero-order chi connectivity index (χ0) is 17.2. The van der Waals surface area contributed by atoms with E-state index in [1.54, 1.807) is 0 Å². The van der Waals surface area contributed by atoms with Crippen LogP contribution in [-0.2, 0) is 13.0 Å². The van der Waals surface area contributed by atoms with Crippen LogP contribution in [0.15, 0.2) is 48.5 Å². The van der Waals surface area contributed by atoms with Crippen LogP contribution < -0.4 is 4.90 Å². The van der Waals surface area contributed by atoms with Gasteiger partial charge in [0.25, 0.3) is 5.91 Å². The minimum atomic E-state index is 0.185. The van der Waals surface area contributed by atoms with Gasteiger partial charge in [-0.1, -0.05) is 37.3 Å². The molecule has 2 aliphatic heterocycles. The second-order valence-electron chi connectivity index (χ2n) is 7.50. The molecule has 2 aromatic rings. The molecule has 0 aromatic heterocycles. The Morgan fingerprint density at radius 2 is 1.88 bits per heavy atom. The number of benzene rings is 2. The van der Waals surface area contributed by atoms with E-state index in [1.807, 2.05) is 17.0 Å². The molecule has 3 heteroatoms. The van der Waals surface area contributed by atoms with E-state index in [-0.39, 0.29) is 5.91 Å². The third kappa shape index (κ3) is 3.41. The Kier molecular flexibility index (Phi) is 4.48. The fourth-order valence-electron chi connectivity index (χ4n) is 4.10. The Bertz CT molecular complexity index is 753. The van der Waals surface area contributed by atoms with Gasteiger partial charge in [-0.2, -0.15) is 0 Å². The molecule has 0 N–H and O–H groups in total. The highest BCUT2D eigenvalue weighted by atomic mass is 16.2. The predicted molar refractivity (Wildman–Crippen MR) is 102 cm³/mol. The van der Waals surface area contributed by atoms with Crippen LogP contribution in [0, 0.1) is 5.92 Å². The molecule has 130 valence electrons. The molecule has 2 aliphatic rings. The van der Waals surface area contributed by atoms with Gasteiger partial charge in [-0.05, 0) is 54.5 Å². The molecule has 3 nitrogen and oxygen atoms in total. The molecular weight excluding hydrogens is 308 g/mol. The molecule has 0 bridgehead atoms. The molecule has 0 spiro atoms. The van der Waals surface area contributed by atoms with Crippen LogP contribution in [0.4, 0.5) is 5.69 Å². The number of rotatable bonds is 3. The second-order valence-corrected chi connectivity index (χ2v) is 7.50. The van der Waals surface area contributed by atoms with Gasteiger partial charge in [-0.25, -0.2) is 0 Å². The number of nitrogens with zero attached hydrogens (tertiary/aromatic N) is 2. The smallest absolute Gasteiger partial charge is 0.253 e. The number of para-hydroxylation sites is 1. The number of amides is 1. The van der Waals surface area contributed by atoms with Gasteiger partial charge in [0.15, 0.2) is 0 Å². The van der Waals surface area contributed by atoms with Crippen LogP contribution in [0.1, 0.15) is 41.3 Å². The molecule has 1 amide bonds. The average Bonchev–Trinajstić information content (AvgIpc) is 3.05. The van der Waals surface area contributed by atoms with Crippen LogP contribution >= 0.6 is 0 Å². The summed E-state index contributed by atoms with van der Waals surface area (Å²) in [5.74, 6) is 0.803. The van der Waals surface area contributed by atoms with Crippen molar-refractivity contribution in [3.05, 3.63) is 65.2 Å². The zero-order valence-corrected chi connectivity index (χ0v) is 14.9. The number of carbonyl (C=O) groups is 1. The monoisotopic (exact) mass is 334 g/mol. The molecule has 1 fully saturated rings. The Morgan fingerprint density at radius 3 is 2.68 bits per heavy atom. The Labute approximate surface area is 150 Å². The van der Waals surface area contributed by atoms with E-state index in [0.717, 1.165) is 44.6 Å². The first-order chi connectivity index (χ1) is 12.2. The fraction of sp³-hybridized carbons (Fsp3) is 0.409. The van der Waals surface area contributed by atoms with Crippen molar-refractivity contribution in [3.63, 3.8) is 0 Å². The minimum absolute atomic E-state index is 0.185. The predicted octanol–water partition coefficient (Wildman–Crippen LogP) is 4.12. The summed E-state index contributed by atoms with van der Waals surface area (Å²) in [5.41, 5.74) is 4.87. The summed E-state index contributed by atoms with van der Waals surface area (Å²) < 4.78 is 0. The normalized spacial score (nSPS) is 19.8. The third-order valence-corrected chi connectivity index (χ3v) is 5.50. The first-order valence-corrected chi connectivity index (χ1v) is 9.42. The van der Waals surface area contributed by atoms with Crippen molar-refractivity contribution < 1.29 is 4.79 Å². The van der Waals surface area contributed by atoms with Crippen LogP contribution in [0.25, 0.3) is 0 Å². The molecule has 1 atom stereocenters. The molecule has 0 aliphatic carbocycles. The van der Waals surface area contributed by atoms with Crippen molar-refractivity contribution >= 4 is 11.6 Å². The molecule has 0 radical (unpaired) electrons. The lowest BCUT2D eigenvalue weighted by molar-refractivity contribution is 0.0683. The number of fused-ring (bicyclic) bond motifs is 1. The van der Waals surface area contributed by atoms with Gasteiger partial charge in [0.05, 0.1) is 0 Å². The lowest BCUT2D eigenvalue weighted by Gasteiger charge is -2.31. The van der Waals surface area contributed by atoms with E-state index in [0.29, 0.717) is 5.92 Å². The largest absolute Gasteiger partial charge is 0.367 e. The first-order valence-electron chi connectivity index (χ1n) is 9.42. The van der Waals surface area contributed by atoms with Gasteiger partial charge < -0.3 is 9.80 Å². The van der Waals surface area contributed by atoms with E-state index in [1.165, 1.54) is 23.2 Å². The van der Waals surface area contributed by atoms with Gasteiger partial charge >= 0.3 is 0 Å². The molecule has 25 heavy (non-hydrogen) atoms. The highest BCUT2D eigenvalue weighted by molar-refractivity contribution is 5.94. The van der Waals surface area contributed by atoms with Gasteiger partial charge in [0, 0.05) is 37.4 Å². The Hall–Kier alpha value is -2.29. The zero-order valence-electron chi connectivity index (χ0n) is 14.9. The fourth-order valence-corrected chi connectivity index (χ4v) is 4.10. The van der Waals surface area contributed by atoms with Crippen LogP contribution in [0.3, 0.4) is 0 Å². The lowest BCUT2D eigenvalue weighted by atomic mass is 9.99. The minimum Gasteiger partial charge on any atom is -0.367 e. The standard InChI is InChI=1S/C22H26N2O/c1-17-5-4-13-24(15-17)22(25)20-10-8-18(9-11-20)16-23-14-12-19-6-2-3-7-21(19)23/h2-3,6-11,17H,4-5,12-16H2,1H3/t17-/m0/s1. The van der Waals surface area contributed by atoms with Crippen LogP contribution in [0.2, 0.25) is 0 Å². The molecule has 0 saturated carbocycles. The van der Waals surface area contributed by atoms with Crippen molar-refractivity contribution in [2.45, 2.75) is 32.7 Å². The Balaban J connectivity index is 1.43. The van der Waals surface area contributed by atoms with E-state index >= 15 is 0 Å². The summed E-state index contributed by atoms with van der Waals surface area (Å²) in [6.07, 6.45) is 3.49. The van der Waals surface area contributed by atoms with E-state index in [4.69, 9.17) is 0 Å². The van der Waals surface area contributed by atoms with Gasteiger partial charge in [0.2, 0.25) is 0 Å². The van der Waals surface area contributed by atoms with Gasteiger partial charge in [-0.15, -0.1) is 0 Å². The highest BCUT2D eigenvalue weighted by Gasteiger charge is 2.22. The molecule has 1 saturated heterocycles. The maximum Gasteiger partial charge on any atom is 0.253 e. The molecule has 2 heterocycles. The molecular formula is C22H26N2O.